The largest absolute Gasteiger partial charge is 0.496 e. The van der Waals surface area contributed by atoms with Crippen LogP contribution in [-0.2, 0) is 0 Å². The maximum Gasteiger partial charge on any atom is 0.181 e. The molecule has 0 radical (unpaired) electrons. The van der Waals surface area contributed by atoms with Gasteiger partial charge in [0.1, 0.15) is 5.75 Å². The molecule has 0 aliphatic heterocycles. The van der Waals surface area contributed by atoms with E-state index < -0.39 is 0 Å². The van der Waals surface area contributed by atoms with E-state index in [-0.39, 0.29) is 0 Å². The number of nitrogens with one attached hydrogen (secondary N) is 1. The van der Waals surface area contributed by atoms with Gasteiger partial charge >= 0.3 is 0 Å². The van der Waals surface area contributed by atoms with Crippen LogP contribution in [0.2, 0.25) is 0 Å². The minimum absolute atomic E-state index is 0.716. The van der Waals surface area contributed by atoms with E-state index >= 15 is 0 Å². The van der Waals surface area contributed by atoms with Crippen LogP contribution in [0.5, 0.6) is 5.75 Å². The molecule has 17 heavy (non-hydrogen) atoms. The minimum Gasteiger partial charge on any atom is -0.496 e. The molecule has 1 N–H and O–H groups in total. The molecule has 4 nitrogen and oxygen atoms in total. The number of rotatable bonds is 2. The molecule has 84 valence electrons. The minimum atomic E-state index is 0.716. The molecule has 0 saturated carbocycles. The topological polar surface area (TPSA) is 50.8 Å². The van der Waals surface area contributed by atoms with Gasteiger partial charge in [0, 0.05) is 17.1 Å². The van der Waals surface area contributed by atoms with Crippen molar-refractivity contribution >= 4 is 11.0 Å². The number of nitrogens with zero attached hydrogens (tertiary/aromatic N) is 2. The highest BCUT2D eigenvalue weighted by Gasteiger charge is 2.11. The van der Waals surface area contributed by atoms with Gasteiger partial charge in [-0.15, -0.1) is 0 Å². The summed E-state index contributed by atoms with van der Waals surface area (Å²) in [5.41, 5.74) is 2.64. The summed E-state index contributed by atoms with van der Waals surface area (Å²) in [5, 5.41) is 8.19. The summed E-state index contributed by atoms with van der Waals surface area (Å²) in [6.07, 6.45) is 1.73. The molecule has 0 aliphatic rings. The SMILES string of the molecule is COc1ccccc1-c1[nH]nc2ncccc12. The lowest BCUT2D eigenvalue weighted by Gasteiger charge is -2.06. The molecule has 0 spiro atoms. The fourth-order valence-electron chi connectivity index (χ4n) is 1.91. The van der Waals surface area contributed by atoms with Crippen molar-refractivity contribution in [2.24, 2.45) is 0 Å². The van der Waals surface area contributed by atoms with Gasteiger partial charge in [0.15, 0.2) is 5.65 Å². The lowest BCUT2D eigenvalue weighted by atomic mass is 10.1. The molecule has 2 heterocycles. The van der Waals surface area contributed by atoms with Crippen LogP contribution >= 0.6 is 0 Å². The molecule has 3 aromatic rings. The Morgan fingerprint density at radius 1 is 1.12 bits per heavy atom. The predicted octanol–water partition coefficient (Wildman–Crippen LogP) is 2.63. The number of hydrogen-bond acceptors (Lipinski definition) is 3. The zero-order valence-corrected chi connectivity index (χ0v) is 9.34. The Morgan fingerprint density at radius 3 is 2.88 bits per heavy atom. The molecule has 0 unspecified atom stereocenters. The van der Waals surface area contributed by atoms with Crippen molar-refractivity contribution in [3.63, 3.8) is 0 Å². The van der Waals surface area contributed by atoms with Crippen LogP contribution in [0.25, 0.3) is 22.3 Å². The zero-order valence-electron chi connectivity index (χ0n) is 9.34. The molecular weight excluding hydrogens is 214 g/mol. The lowest BCUT2D eigenvalue weighted by Crippen LogP contribution is -1.87. The second kappa shape index (κ2) is 3.90. The monoisotopic (exact) mass is 225 g/mol. The van der Waals surface area contributed by atoms with Gasteiger partial charge in [0.05, 0.1) is 12.8 Å². The number of fused-ring (bicyclic) bond motifs is 1. The third kappa shape index (κ3) is 1.54. The van der Waals surface area contributed by atoms with Crippen LogP contribution in [0.15, 0.2) is 42.6 Å². The number of para-hydroxylation sites is 1. The first-order chi connectivity index (χ1) is 8.40. The van der Waals surface area contributed by atoms with E-state index in [0.717, 1.165) is 22.4 Å². The van der Waals surface area contributed by atoms with E-state index in [0.29, 0.717) is 5.65 Å². The first kappa shape index (κ1) is 9.84. The van der Waals surface area contributed by atoms with Gasteiger partial charge in [-0.1, -0.05) is 12.1 Å². The summed E-state index contributed by atoms with van der Waals surface area (Å²) in [4.78, 5) is 4.20. The van der Waals surface area contributed by atoms with Crippen LogP contribution in [-0.4, -0.2) is 22.3 Å². The van der Waals surface area contributed by atoms with Gasteiger partial charge in [-0.2, -0.15) is 5.10 Å². The Hall–Kier alpha value is -2.36. The standard InChI is InChI=1S/C13H11N3O/c1-17-11-7-3-2-5-9(11)12-10-6-4-8-14-13(10)16-15-12/h2-8H,1H3,(H,14,15,16). The summed E-state index contributed by atoms with van der Waals surface area (Å²) in [6.45, 7) is 0. The molecule has 0 aliphatic carbocycles. The van der Waals surface area contributed by atoms with Gasteiger partial charge in [-0.05, 0) is 24.3 Å². The fraction of sp³-hybridized carbons (Fsp3) is 0.0769. The highest BCUT2D eigenvalue weighted by molar-refractivity contribution is 5.92. The van der Waals surface area contributed by atoms with Gasteiger partial charge < -0.3 is 4.74 Å². The van der Waals surface area contributed by atoms with Crippen LogP contribution in [0.4, 0.5) is 0 Å². The Kier molecular flexibility index (Phi) is 2.26. The van der Waals surface area contributed by atoms with E-state index in [1.807, 2.05) is 36.4 Å². The molecule has 3 rings (SSSR count). The molecule has 4 heteroatoms. The van der Waals surface area contributed by atoms with Crippen molar-refractivity contribution in [2.75, 3.05) is 7.11 Å². The molecule has 0 saturated heterocycles. The average molecular weight is 225 g/mol. The zero-order chi connectivity index (χ0) is 11.7. The molecule has 0 bridgehead atoms. The number of aromatic nitrogens is 3. The number of methoxy groups -OCH3 is 1. The van der Waals surface area contributed by atoms with Gasteiger partial charge in [0.25, 0.3) is 0 Å². The van der Waals surface area contributed by atoms with E-state index in [2.05, 4.69) is 15.2 Å². The molecule has 0 atom stereocenters. The van der Waals surface area contributed by atoms with Crippen molar-refractivity contribution in [2.45, 2.75) is 0 Å². The molecule has 0 fully saturated rings. The third-order valence-corrected chi connectivity index (χ3v) is 2.71. The molecule has 1 aromatic carbocycles. The fourth-order valence-corrected chi connectivity index (χ4v) is 1.91. The van der Waals surface area contributed by atoms with Crippen molar-refractivity contribution in [1.82, 2.24) is 15.2 Å². The van der Waals surface area contributed by atoms with E-state index in [1.54, 1.807) is 13.3 Å². The maximum absolute atomic E-state index is 5.35. The molecular formula is C13H11N3O. The lowest BCUT2D eigenvalue weighted by molar-refractivity contribution is 0.416. The van der Waals surface area contributed by atoms with Gasteiger partial charge in [-0.25, -0.2) is 4.98 Å². The van der Waals surface area contributed by atoms with Crippen molar-refractivity contribution < 1.29 is 4.74 Å². The number of benzene rings is 1. The van der Waals surface area contributed by atoms with Crippen LogP contribution < -0.4 is 4.74 Å². The maximum atomic E-state index is 5.35. The summed E-state index contributed by atoms with van der Waals surface area (Å²) >= 11 is 0. The van der Waals surface area contributed by atoms with E-state index in [4.69, 9.17) is 4.74 Å². The normalized spacial score (nSPS) is 10.6. The second-order valence-electron chi connectivity index (χ2n) is 3.67. The number of hydrogen-bond donors (Lipinski definition) is 1. The van der Waals surface area contributed by atoms with Crippen LogP contribution in [0.3, 0.4) is 0 Å². The smallest absolute Gasteiger partial charge is 0.181 e. The quantitative estimate of drug-likeness (QED) is 0.729. The Balaban J connectivity index is 2.27. The third-order valence-electron chi connectivity index (χ3n) is 2.71. The van der Waals surface area contributed by atoms with Gasteiger partial charge in [0.2, 0.25) is 0 Å². The van der Waals surface area contributed by atoms with Crippen LogP contribution in [0.1, 0.15) is 0 Å². The summed E-state index contributed by atoms with van der Waals surface area (Å²) in [5.74, 6) is 0.821. The van der Waals surface area contributed by atoms with Crippen molar-refractivity contribution in [3.05, 3.63) is 42.6 Å². The number of H-pyrrole nitrogens is 1. The second-order valence-corrected chi connectivity index (χ2v) is 3.67. The number of ether oxygens (including phenoxy) is 1. The Morgan fingerprint density at radius 2 is 2.00 bits per heavy atom. The summed E-state index contributed by atoms with van der Waals surface area (Å²) < 4.78 is 5.35. The van der Waals surface area contributed by atoms with Crippen LogP contribution in [0, 0.1) is 0 Å². The number of aromatic amines is 1. The average Bonchev–Trinajstić information content (AvgIpc) is 2.82. The van der Waals surface area contributed by atoms with Crippen molar-refractivity contribution in [3.8, 4) is 17.0 Å². The Labute approximate surface area is 98.3 Å². The predicted molar refractivity (Wildman–Crippen MR) is 65.9 cm³/mol. The van der Waals surface area contributed by atoms with E-state index in [1.165, 1.54) is 0 Å². The van der Waals surface area contributed by atoms with Crippen molar-refractivity contribution in [1.29, 1.82) is 0 Å². The highest BCUT2D eigenvalue weighted by Crippen LogP contribution is 2.32. The number of pyridine rings is 1. The Bertz CT molecular complexity index is 660. The highest BCUT2D eigenvalue weighted by atomic mass is 16.5. The van der Waals surface area contributed by atoms with E-state index in [9.17, 15) is 0 Å². The first-order valence-electron chi connectivity index (χ1n) is 5.32. The molecule has 0 amide bonds. The summed E-state index contributed by atoms with van der Waals surface area (Å²) in [6, 6.07) is 11.7. The summed E-state index contributed by atoms with van der Waals surface area (Å²) in [7, 11) is 1.66. The van der Waals surface area contributed by atoms with Gasteiger partial charge in [-0.3, -0.25) is 5.10 Å². The molecule has 2 aromatic heterocycles. The first-order valence-corrected chi connectivity index (χ1v) is 5.32.